The van der Waals surface area contributed by atoms with E-state index in [1.807, 2.05) is 0 Å². The van der Waals surface area contributed by atoms with Gasteiger partial charge in [0, 0.05) is 13.1 Å². The fourth-order valence-corrected chi connectivity index (χ4v) is 0.859. The zero-order chi connectivity index (χ0) is 6.53. The first-order valence-electron chi connectivity index (χ1n) is 3.10. The third-order valence-corrected chi connectivity index (χ3v) is 1.40. The minimum atomic E-state index is 0. The second-order valence-electron chi connectivity index (χ2n) is 2.05. The normalized spacial score (nSPS) is 19.1. The van der Waals surface area contributed by atoms with Crippen LogP contribution in [0.25, 0.3) is 0 Å². The lowest BCUT2D eigenvalue weighted by Crippen LogP contribution is -2.36. The Balaban J connectivity index is 0.000000810. The Morgan fingerprint density at radius 2 is 2.00 bits per heavy atom. The molecule has 0 atom stereocenters. The summed E-state index contributed by atoms with van der Waals surface area (Å²) in [4.78, 5) is 2.09. The van der Waals surface area contributed by atoms with Crippen molar-refractivity contribution in [1.82, 2.24) is 4.90 Å². The number of nitriles is 1. The predicted octanol–water partition coefficient (Wildman–Crippen LogP) is 0.478. The highest BCUT2D eigenvalue weighted by Gasteiger charge is 2.07. The molecule has 1 saturated heterocycles. The van der Waals surface area contributed by atoms with Crippen molar-refractivity contribution in [2.45, 2.75) is 7.43 Å². The summed E-state index contributed by atoms with van der Waals surface area (Å²) in [6.45, 7) is 3.92. The lowest BCUT2D eigenvalue weighted by molar-refractivity contribution is 0.0441. The zero-order valence-electron chi connectivity index (χ0n) is 5.34. The average molecular weight is 142 g/mol. The van der Waals surface area contributed by atoms with Gasteiger partial charge in [-0.05, 0) is 0 Å². The predicted molar refractivity (Wildman–Crippen MR) is 39.6 cm³/mol. The largest absolute Gasteiger partial charge is 0.379 e. The van der Waals surface area contributed by atoms with Gasteiger partial charge in [-0.1, -0.05) is 7.43 Å². The molecule has 0 aromatic carbocycles. The van der Waals surface area contributed by atoms with Crippen molar-refractivity contribution in [2.24, 2.45) is 0 Å². The van der Waals surface area contributed by atoms with Gasteiger partial charge in [0.05, 0.1) is 25.8 Å². The highest BCUT2D eigenvalue weighted by molar-refractivity contribution is 4.77. The molecule has 0 N–H and O–H groups in total. The van der Waals surface area contributed by atoms with Crippen LogP contribution in [0.1, 0.15) is 7.43 Å². The fourth-order valence-electron chi connectivity index (χ4n) is 0.859. The molecule has 1 rings (SSSR count). The highest BCUT2D eigenvalue weighted by Crippen LogP contribution is 1.93. The first kappa shape index (κ1) is 9.41. The molecule has 0 spiro atoms. The first-order valence-corrected chi connectivity index (χ1v) is 3.10. The molecule has 1 aliphatic heterocycles. The van der Waals surface area contributed by atoms with Crippen LogP contribution in [0.2, 0.25) is 0 Å². The van der Waals surface area contributed by atoms with Gasteiger partial charge in [0.1, 0.15) is 0 Å². The second kappa shape index (κ2) is 5.21. The van der Waals surface area contributed by atoms with Gasteiger partial charge in [0.15, 0.2) is 0 Å². The minimum absolute atomic E-state index is 0. The molecule has 1 fully saturated rings. The molecule has 0 aromatic heterocycles. The van der Waals surface area contributed by atoms with Crippen LogP contribution in [0.15, 0.2) is 0 Å². The maximum absolute atomic E-state index is 8.29. The molecule has 0 unspecified atom stereocenters. The molecule has 3 heteroatoms. The lowest BCUT2D eigenvalue weighted by atomic mass is 10.4. The minimum Gasteiger partial charge on any atom is -0.379 e. The molecule has 0 radical (unpaired) electrons. The Labute approximate surface area is 62.2 Å². The van der Waals surface area contributed by atoms with Crippen LogP contribution >= 0.6 is 0 Å². The van der Waals surface area contributed by atoms with Crippen LogP contribution < -0.4 is 0 Å². The molecule has 1 heterocycles. The summed E-state index contributed by atoms with van der Waals surface area (Å²) >= 11 is 0. The average Bonchev–Trinajstić information content (AvgIpc) is 1.91. The summed E-state index contributed by atoms with van der Waals surface area (Å²) in [7, 11) is 0. The zero-order valence-corrected chi connectivity index (χ0v) is 5.34. The molecule has 3 nitrogen and oxygen atoms in total. The van der Waals surface area contributed by atoms with Crippen molar-refractivity contribution in [3.05, 3.63) is 0 Å². The van der Waals surface area contributed by atoms with Gasteiger partial charge >= 0.3 is 0 Å². The number of hydrogen-bond donors (Lipinski definition) is 0. The Morgan fingerprint density at radius 3 is 2.50 bits per heavy atom. The van der Waals surface area contributed by atoms with Crippen molar-refractivity contribution in [3.63, 3.8) is 0 Å². The summed E-state index contributed by atoms with van der Waals surface area (Å²) in [5, 5.41) is 8.29. The number of nitrogens with zero attached hydrogens (tertiary/aromatic N) is 2. The molecule has 0 saturated carbocycles. The molecular weight excluding hydrogens is 128 g/mol. The van der Waals surface area contributed by atoms with Crippen LogP contribution in [0.3, 0.4) is 0 Å². The highest BCUT2D eigenvalue weighted by atomic mass is 16.5. The number of hydrogen-bond acceptors (Lipinski definition) is 3. The Hall–Kier alpha value is -0.590. The van der Waals surface area contributed by atoms with Crippen LogP contribution in [-0.4, -0.2) is 37.7 Å². The first-order chi connectivity index (χ1) is 4.43. The van der Waals surface area contributed by atoms with Crippen LogP contribution in [0.4, 0.5) is 0 Å². The fraction of sp³-hybridized carbons (Fsp3) is 0.857. The summed E-state index contributed by atoms with van der Waals surface area (Å²) < 4.78 is 5.09. The topological polar surface area (TPSA) is 36.3 Å². The SMILES string of the molecule is C.N#CCN1CCOCC1. The Bertz CT molecular complexity index is 113. The molecule has 0 amide bonds. The molecule has 0 aliphatic carbocycles. The van der Waals surface area contributed by atoms with Gasteiger partial charge in [-0.25, -0.2) is 0 Å². The van der Waals surface area contributed by atoms with E-state index in [4.69, 9.17) is 10.00 Å². The van der Waals surface area contributed by atoms with Gasteiger partial charge in [0.2, 0.25) is 0 Å². The smallest absolute Gasteiger partial charge is 0.0867 e. The maximum Gasteiger partial charge on any atom is 0.0867 e. The van der Waals surface area contributed by atoms with Gasteiger partial charge in [-0.15, -0.1) is 0 Å². The monoisotopic (exact) mass is 142 g/mol. The van der Waals surface area contributed by atoms with E-state index in [9.17, 15) is 0 Å². The van der Waals surface area contributed by atoms with Crippen molar-refractivity contribution < 1.29 is 4.74 Å². The summed E-state index contributed by atoms with van der Waals surface area (Å²) in [6.07, 6.45) is 0. The van der Waals surface area contributed by atoms with Gasteiger partial charge in [-0.3, -0.25) is 4.90 Å². The van der Waals surface area contributed by atoms with Crippen molar-refractivity contribution in [2.75, 3.05) is 32.8 Å². The standard InChI is InChI=1S/C6H10N2O.CH4/c7-1-2-8-3-5-9-6-4-8;/h2-6H2;1H4. The van der Waals surface area contributed by atoms with Gasteiger partial charge in [-0.2, -0.15) is 5.26 Å². The summed E-state index contributed by atoms with van der Waals surface area (Å²) in [5.74, 6) is 0. The van der Waals surface area contributed by atoms with Crippen LogP contribution in [0, 0.1) is 11.3 Å². The third-order valence-electron chi connectivity index (χ3n) is 1.40. The number of morpholine rings is 1. The molecule has 10 heavy (non-hydrogen) atoms. The quantitative estimate of drug-likeness (QED) is 0.499. The lowest BCUT2D eigenvalue weighted by Gasteiger charge is -2.23. The van der Waals surface area contributed by atoms with Gasteiger partial charge < -0.3 is 4.74 Å². The Morgan fingerprint density at radius 1 is 1.40 bits per heavy atom. The summed E-state index contributed by atoms with van der Waals surface area (Å²) in [6, 6.07) is 2.11. The molecule has 0 aromatic rings. The molecular formula is C7H14N2O. The Kier molecular flexibility index (Phi) is 4.91. The van der Waals surface area contributed by atoms with E-state index in [0.29, 0.717) is 6.54 Å². The van der Waals surface area contributed by atoms with E-state index >= 15 is 0 Å². The summed E-state index contributed by atoms with van der Waals surface area (Å²) in [5.41, 5.74) is 0. The van der Waals surface area contributed by atoms with Crippen LogP contribution in [0.5, 0.6) is 0 Å². The number of rotatable bonds is 1. The van der Waals surface area contributed by atoms with Gasteiger partial charge in [0.25, 0.3) is 0 Å². The van der Waals surface area contributed by atoms with E-state index in [-0.39, 0.29) is 7.43 Å². The van der Waals surface area contributed by atoms with E-state index in [0.717, 1.165) is 26.3 Å². The second-order valence-corrected chi connectivity index (χ2v) is 2.05. The molecule has 0 bridgehead atoms. The molecule has 1 aliphatic rings. The van der Waals surface area contributed by atoms with Crippen molar-refractivity contribution in [3.8, 4) is 6.07 Å². The van der Waals surface area contributed by atoms with E-state index in [2.05, 4.69) is 11.0 Å². The van der Waals surface area contributed by atoms with E-state index in [1.54, 1.807) is 0 Å². The third kappa shape index (κ3) is 2.81. The number of ether oxygens (including phenoxy) is 1. The van der Waals surface area contributed by atoms with E-state index in [1.165, 1.54) is 0 Å². The van der Waals surface area contributed by atoms with Crippen LogP contribution in [-0.2, 0) is 4.74 Å². The molecule has 58 valence electrons. The van der Waals surface area contributed by atoms with Crippen molar-refractivity contribution in [1.29, 1.82) is 5.26 Å². The van der Waals surface area contributed by atoms with E-state index < -0.39 is 0 Å². The maximum atomic E-state index is 8.29. The van der Waals surface area contributed by atoms with Crippen molar-refractivity contribution >= 4 is 0 Å².